The SMILES string of the molecule is COC(=O)c1ccoc1COC(=O)c1sc2cc(F)ccc2c1Cl. The summed E-state index contributed by atoms with van der Waals surface area (Å²) in [6, 6.07) is 5.48. The van der Waals surface area contributed by atoms with Crippen molar-refractivity contribution in [3.05, 3.63) is 57.6 Å². The third kappa shape index (κ3) is 3.00. The molecular weight excluding hydrogens is 359 g/mol. The second-order valence-corrected chi connectivity index (χ2v) is 6.14. The van der Waals surface area contributed by atoms with Crippen LogP contribution in [-0.4, -0.2) is 19.0 Å². The molecule has 0 unspecified atom stereocenters. The number of carbonyl (C=O) groups excluding carboxylic acids is 2. The molecule has 3 rings (SSSR count). The Bertz CT molecular complexity index is 930. The molecule has 0 N–H and O–H groups in total. The van der Waals surface area contributed by atoms with E-state index in [1.54, 1.807) is 0 Å². The highest BCUT2D eigenvalue weighted by atomic mass is 35.5. The normalized spacial score (nSPS) is 10.8. The number of benzene rings is 1. The largest absolute Gasteiger partial charge is 0.465 e. The summed E-state index contributed by atoms with van der Waals surface area (Å²) in [5, 5.41) is 0.774. The van der Waals surface area contributed by atoms with Gasteiger partial charge in [-0.05, 0) is 24.3 Å². The maximum atomic E-state index is 13.3. The number of thiophene rings is 1. The summed E-state index contributed by atoms with van der Waals surface area (Å²) in [7, 11) is 1.24. The van der Waals surface area contributed by atoms with Crippen molar-refractivity contribution in [1.82, 2.24) is 0 Å². The molecule has 0 saturated carbocycles. The van der Waals surface area contributed by atoms with Gasteiger partial charge in [-0.25, -0.2) is 14.0 Å². The molecule has 0 fully saturated rings. The number of hydrogen-bond acceptors (Lipinski definition) is 6. The molecule has 5 nitrogen and oxygen atoms in total. The highest BCUT2D eigenvalue weighted by molar-refractivity contribution is 7.21. The van der Waals surface area contributed by atoms with Crippen LogP contribution in [0.25, 0.3) is 10.1 Å². The first kappa shape index (κ1) is 16.5. The number of esters is 2. The van der Waals surface area contributed by atoms with Crippen LogP contribution in [0.4, 0.5) is 4.39 Å². The van der Waals surface area contributed by atoms with Crippen molar-refractivity contribution in [3.8, 4) is 0 Å². The lowest BCUT2D eigenvalue weighted by molar-refractivity contribution is 0.0438. The minimum atomic E-state index is -0.686. The highest BCUT2D eigenvalue weighted by Gasteiger charge is 2.21. The number of ether oxygens (including phenoxy) is 2. The van der Waals surface area contributed by atoms with Crippen molar-refractivity contribution in [1.29, 1.82) is 0 Å². The second kappa shape index (κ2) is 6.62. The Morgan fingerprint density at radius 2 is 2.08 bits per heavy atom. The Morgan fingerprint density at radius 3 is 2.83 bits per heavy atom. The van der Waals surface area contributed by atoms with Crippen LogP contribution < -0.4 is 0 Å². The van der Waals surface area contributed by atoms with E-state index in [0.29, 0.717) is 10.1 Å². The van der Waals surface area contributed by atoms with E-state index in [0.717, 1.165) is 11.3 Å². The van der Waals surface area contributed by atoms with Crippen molar-refractivity contribution in [3.63, 3.8) is 0 Å². The van der Waals surface area contributed by atoms with E-state index in [-0.39, 0.29) is 27.8 Å². The van der Waals surface area contributed by atoms with E-state index >= 15 is 0 Å². The monoisotopic (exact) mass is 368 g/mol. The maximum absolute atomic E-state index is 13.3. The molecule has 0 aliphatic rings. The minimum absolute atomic E-state index is 0.156. The molecule has 2 aromatic heterocycles. The molecule has 0 amide bonds. The lowest BCUT2D eigenvalue weighted by Gasteiger charge is -2.03. The van der Waals surface area contributed by atoms with E-state index in [4.69, 9.17) is 20.8 Å². The van der Waals surface area contributed by atoms with Gasteiger partial charge in [0, 0.05) is 10.1 Å². The molecule has 0 atom stereocenters. The Morgan fingerprint density at radius 1 is 1.29 bits per heavy atom. The van der Waals surface area contributed by atoms with Gasteiger partial charge in [-0.15, -0.1) is 11.3 Å². The smallest absolute Gasteiger partial charge is 0.350 e. The van der Waals surface area contributed by atoms with Crippen LogP contribution in [-0.2, 0) is 16.1 Å². The van der Waals surface area contributed by atoms with Crippen LogP contribution in [0.1, 0.15) is 25.8 Å². The quantitative estimate of drug-likeness (QED) is 0.637. The van der Waals surface area contributed by atoms with Crippen molar-refractivity contribution >= 4 is 45.0 Å². The van der Waals surface area contributed by atoms with Gasteiger partial charge >= 0.3 is 11.9 Å². The molecule has 3 aromatic rings. The minimum Gasteiger partial charge on any atom is -0.465 e. The third-order valence-corrected chi connectivity index (χ3v) is 4.90. The summed E-state index contributed by atoms with van der Waals surface area (Å²) >= 11 is 7.19. The fourth-order valence-electron chi connectivity index (χ4n) is 2.11. The van der Waals surface area contributed by atoms with E-state index in [1.165, 1.54) is 37.6 Å². The Kier molecular flexibility index (Phi) is 4.55. The highest BCUT2D eigenvalue weighted by Crippen LogP contribution is 2.36. The van der Waals surface area contributed by atoms with Crippen molar-refractivity contribution in [2.45, 2.75) is 6.61 Å². The molecule has 24 heavy (non-hydrogen) atoms. The Hall–Kier alpha value is -2.38. The van der Waals surface area contributed by atoms with Crippen molar-refractivity contribution in [2.75, 3.05) is 7.11 Å². The van der Waals surface area contributed by atoms with Crippen LogP contribution >= 0.6 is 22.9 Å². The summed E-state index contributed by atoms with van der Waals surface area (Å²) in [4.78, 5) is 23.9. The molecular formula is C16H10ClFO5S. The Balaban J connectivity index is 1.80. The van der Waals surface area contributed by atoms with Crippen LogP contribution in [0.15, 0.2) is 34.9 Å². The summed E-state index contributed by atoms with van der Waals surface area (Å²) in [6.45, 7) is -0.255. The zero-order valence-corrected chi connectivity index (χ0v) is 13.9. The van der Waals surface area contributed by atoms with E-state index in [9.17, 15) is 14.0 Å². The average Bonchev–Trinajstić information content (AvgIpc) is 3.16. The van der Waals surface area contributed by atoms with E-state index in [2.05, 4.69) is 4.74 Å². The van der Waals surface area contributed by atoms with Gasteiger partial charge in [0.1, 0.15) is 16.3 Å². The molecule has 2 heterocycles. The number of rotatable bonds is 4. The zero-order valence-electron chi connectivity index (χ0n) is 12.3. The zero-order chi connectivity index (χ0) is 17.3. The van der Waals surface area contributed by atoms with Gasteiger partial charge in [-0.2, -0.15) is 0 Å². The average molecular weight is 369 g/mol. The molecule has 0 aliphatic carbocycles. The van der Waals surface area contributed by atoms with Gasteiger partial charge in [-0.3, -0.25) is 0 Å². The van der Waals surface area contributed by atoms with Gasteiger partial charge in [0.05, 0.1) is 18.4 Å². The predicted molar refractivity (Wildman–Crippen MR) is 86.0 cm³/mol. The second-order valence-electron chi connectivity index (χ2n) is 4.71. The number of fused-ring (bicyclic) bond motifs is 1. The molecule has 0 saturated heterocycles. The first-order valence-corrected chi connectivity index (χ1v) is 7.90. The van der Waals surface area contributed by atoms with E-state index in [1.807, 2.05) is 0 Å². The summed E-state index contributed by atoms with van der Waals surface area (Å²) < 4.78 is 28.7. The van der Waals surface area contributed by atoms with Crippen LogP contribution in [0.2, 0.25) is 5.02 Å². The van der Waals surface area contributed by atoms with Crippen LogP contribution in [0.3, 0.4) is 0 Å². The van der Waals surface area contributed by atoms with Gasteiger partial charge in [0.15, 0.2) is 12.4 Å². The number of halogens is 2. The first-order chi connectivity index (χ1) is 11.5. The Labute approximate surface area is 144 Å². The van der Waals surface area contributed by atoms with Crippen molar-refractivity contribution in [2.24, 2.45) is 0 Å². The summed E-state index contributed by atoms with van der Waals surface area (Å²) in [6.07, 6.45) is 1.30. The number of furan rings is 1. The lowest BCUT2D eigenvalue weighted by Crippen LogP contribution is -2.07. The maximum Gasteiger partial charge on any atom is 0.350 e. The first-order valence-electron chi connectivity index (χ1n) is 6.70. The lowest BCUT2D eigenvalue weighted by atomic mass is 10.2. The number of hydrogen-bond donors (Lipinski definition) is 0. The topological polar surface area (TPSA) is 65.7 Å². The molecule has 0 aliphatic heterocycles. The van der Waals surface area contributed by atoms with Crippen LogP contribution in [0, 0.1) is 5.82 Å². The van der Waals surface area contributed by atoms with Gasteiger partial charge < -0.3 is 13.9 Å². The summed E-state index contributed by atoms with van der Waals surface area (Å²) in [5.74, 6) is -1.53. The molecule has 8 heteroatoms. The summed E-state index contributed by atoms with van der Waals surface area (Å²) in [5.41, 5.74) is 0.176. The van der Waals surface area contributed by atoms with Crippen molar-refractivity contribution < 1.29 is 27.9 Å². The molecule has 0 spiro atoms. The fraction of sp³-hybridized carbons (Fsp3) is 0.125. The molecule has 1 aromatic carbocycles. The number of methoxy groups -OCH3 is 1. The predicted octanol–water partition coefficient (Wildman–Crippen LogP) is 4.43. The third-order valence-electron chi connectivity index (χ3n) is 3.26. The molecule has 0 bridgehead atoms. The number of carbonyl (C=O) groups is 2. The van der Waals surface area contributed by atoms with Crippen LogP contribution in [0.5, 0.6) is 0 Å². The molecule has 124 valence electrons. The van der Waals surface area contributed by atoms with Gasteiger partial charge in [0.2, 0.25) is 0 Å². The van der Waals surface area contributed by atoms with E-state index < -0.39 is 17.8 Å². The molecule has 0 radical (unpaired) electrons. The fourth-order valence-corrected chi connectivity index (χ4v) is 3.54. The van der Waals surface area contributed by atoms with Gasteiger partial charge in [-0.1, -0.05) is 11.6 Å². The van der Waals surface area contributed by atoms with Gasteiger partial charge in [0.25, 0.3) is 0 Å². The standard InChI is InChI=1S/C16H10ClFO5S/c1-21-15(19)9-4-5-22-11(9)7-23-16(20)14-13(17)10-3-2-8(18)6-12(10)24-14/h2-6H,7H2,1H3.